The van der Waals surface area contributed by atoms with Gasteiger partial charge in [-0.15, -0.1) is 0 Å². The van der Waals surface area contributed by atoms with E-state index in [1.54, 1.807) is 23.1 Å². The first-order valence-corrected chi connectivity index (χ1v) is 9.10. The van der Waals surface area contributed by atoms with Gasteiger partial charge in [-0.2, -0.15) is 5.10 Å². The van der Waals surface area contributed by atoms with Crippen molar-refractivity contribution >= 4 is 11.7 Å². The van der Waals surface area contributed by atoms with Crippen LogP contribution in [0.15, 0.2) is 60.9 Å². The zero-order chi connectivity index (χ0) is 19.5. The van der Waals surface area contributed by atoms with Crippen molar-refractivity contribution in [2.75, 3.05) is 25.2 Å². The Morgan fingerprint density at radius 1 is 1.21 bits per heavy atom. The van der Waals surface area contributed by atoms with Crippen LogP contribution >= 0.6 is 0 Å². The summed E-state index contributed by atoms with van der Waals surface area (Å²) in [6, 6.07) is 15.0. The number of benzene rings is 2. The third-order valence-electron chi connectivity index (χ3n) is 5.02. The Balaban J connectivity index is 1.54. The summed E-state index contributed by atoms with van der Waals surface area (Å²) in [4.78, 5) is 16.5. The number of H-pyrrole nitrogens is 1. The summed E-state index contributed by atoms with van der Waals surface area (Å²) in [7, 11) is 1.62. The van der Waals surface area contributed by atoms with Crippen LogP contribution in [0.3, 0.4) is 0 Å². The molecule has 0 spiro atoms. The number of aliphatic hydroxyl groups is 1. The summed E-state index contributed by atoms with van der Waals surface area (Å²) >= 11 is 0. The molecule has 7 nitrogen and oxygen atoms in total. The van der Waals surface area contributed by atoms with E-state index < -0.39 is 0 Å². The number of anilines is 1. The molecule has 3 aromatic rings. The fourth-order valence-corrected chi connectivity index (χ4v) is 3.48. The highest BCUT2D eigenvalue weighted by Crippen LogP contribution is 2.28. The summed E-state index contributed by atoms with van der Waals surface area (Å²) < 4.78 is 5.26. The minimum atomic E-state index is -0.257. The highest BCUT2D eigenvalue weighted by molar-refractivity contribution is 5.95. The number of hydrogen-bond donors (Lipinski definition) is 2. The quantitative estimate of drug-likeness (QED) is 0.691. The minimum absolute atomic E-state index is 0.0840. The third-order valence-corrected chi connectivity index (χ3v) is 5.02. The molecular formula is C21H22N4O3. The molecule has 4 rings (SSSR count). The Kier molecular flexibility index (Phi) is 4.99. The van der Waals surface area contributed by atoms with Gasteiger partial charge in [0.1, 0.15) is 5.75 Å². The molecule has 0 saturated carbocycles. The van der Waals surface area contributed by atoms with Crippen LogP contribution < -0.4 is 9.64 Å². The van der Waals surface area contributed by atoms with E-state index in [2.05, 4.69) is 10.2 Å². The Bertz CT molecular complexity index is 941. The SMILES string of the molecule is COc1cccc(CN2C(=O)N(c3ccc(-c4cn[nH]c4)cc3)CC2CO)c1. The second-order valence-electron chi connectivity index (χ2n) is 6.74. The smallest absolute Gasteiger partial charge is 0.325 e. The Morgan fingerprint density at radius 3 is 2.71 bits per heavy atom. The standard InChI is InChI=1S/C21H22N4O3/c1-28-20-4-2-3-15(9-20)12-24-19(14-26)13-25(21(24)27)18-7-5-16(6-8-18)17-10-22-23-11-17/h2-11,19,26H,12-14H2,1H3,(H,22,23). The number of urea groups is 1. The van der Waals surface area contributed by atoms with E-state index in [1.807, 2.05) is 54.7 Å². The first-order valence-electron chi connectivity index (χ1n) is 9.10. The van der Waals surface area contributed by atoms with Crippen LogP contribution in [0.2, 0.25) is 0 Å². The number of methoxy groups -OCH3 is 1. The average Bonchev–Trinajstić information content (AvgIpc) is 3.38. The molecular weight excluding hydrogens is 356 g/mol. The van der Waals surface area contributed by atoms with Gasteiger partial charge in [0, 0.05) is 24.0 Å². The van der Waals surface area contributed by atoms with Crippen LogP contribution in [0.25, 0.3) is 11.1 Å². The molecule has 1 atom stereocenters. The van der Waals surface area contributed by atoms with Crippen LogP contribution in [0.5, 0.6) is 5.75 Å². The normalized spacial score (nSPS) is 16.6. The van der Waals surface area contributed by atoms with Crippen LogP contribution in [-0.2, 0) is 6.54 Å². The van der Waals surface area contributed by atoms with Gasteiger partial charge in [-0.05, 0) is 35.4 Å². The molecule has 1 unspecified atom stereocenters. The number of hydrogen-bond acceptors (Lipinski definition) is 4. The number of carbonyl (C=O) groups excluding carboxylic acids is 1. The average molecular weight is 378 g/mol. The van der Waals surface area contributed by atoms with Gasteiger partial charge in [0.05, 0.1) is 32.5 Å². The van der Waals surface area contributed by atoms with Crippen molar-refractivity contribution in [1.82, 2.24) is 15.1 Å². The number of rotatable bonds is 6. The molecule has 7 heteroatoms. The first kappa shape index (κ1) is 18.1. The second-order valence-corrected chi connectivity index (χ2v) is 6.74. The van der Waals surface area contributed by atoms with Gasteiger partial charge in [0.2, 0.25) is 0 Å². The van der Waals surface area contributed by atoms with Crippen molar-refractivity contribution in [2.45, 2.75) is 12.6 Å². The predicted octanol–water partition coefficient (Wildman–Crippen LogP) is 2.89. The number of nitrogens with zero attached hydrogens (tertiary/aromatic N) is 3. The molecule has 2 N–H and O–H groups in total. The van der Waals surface area contributed by atoms with E-state index in [9.17, 15) is 9.90 Å². The predicted molar refractivity (Wildman–Crippen MR) is 106 cm³/mol. The van der Waals surface area contributed by atoms with E-state index in [4.69, 9.17) is 4.74 Å². The van der Waals surface area contributed by atoms with Gasteiger partial charge in [0.15, 0.2) is 0 Å². The molecule has 0 bridgehead atoms. The van der Waals surface area contributed by atoms with Gasteiger partial charge in [0.25, 0.3) is 0 Å². The summed E-state index contributed by atoms with van der Waals surface area (Å²) in [5, 5.41) is 16.6. The molecule has 1 aliphatic rings. The van der Waals surface area contributed by atoms with E-state index in [0.29, 0.717) is 13.1 Å². The number of carbonyl (C=O) groups is 1. The molecule has 1 fully saturated rings. The molecule has 28 heavy (non-hydrogen) atoms. The maximum absolute atomic E-state index is 13.0. The second kappa shape index (κ2) is 7.74. The molecule has 0 aliphatic carbocycles. The Labute approximate surface area is 163 Å². The molecule has 2 amide bonds. The Morgan fingerprint density at radius 2 is 2.04 bits per heavy atom. The lowest BCUT2D eigenvalue weighted by Gasteiger charge is -2.22. The molecule has 2 aromatic carbocycles. The van der Waals surface area contributed by atoms with Crippen LogP contribution in [0, 0.1) is 0 Å². The lowest BCUT2D eigenvalue weighted by Crippen LogP contribution is -2.36. The van der Waals surface area contributed by atoms with Crippen molar-refractivity contribution in [3.63, 3.8) is 0 Å². The zero-order valence-electron chi connectivity index (χ0n) is 15.6. The van der Waals surface area contributed by atoms with Gasteiger partial charge >= 0.3 is 6.03 Å². The maximum atomic E-state index is 13.0. The van der Waals surface area contributed by atoms with Gasteiger partial charge < -0.3 is 14.7 Å². The molecule has 2 heterocycles. The summed E-state index contributed by atoms with van der Waals surface area (Å²) in [6.45, 7) is 0.786. The molecule has 1 saturated heterocycles. The van der Waals surface area contributed by atoms with Crippen molar-refractivity contribution in [1.29, 1.82) is 0 Å². The topological polar surface area (TPSA) is 81.7 Å². The van der Waals surface area contributed by atoms with E-state index in [-0.39, 0.29) is 18.7 Å². The van der Waals surface area contributed by atoms with Crippen molar-refractivity contribution in [3.8, 4) is 16.9 Å². The van der Waals surface area contributed by atoms with Crippen molar-refractivity contribution in [2.24, 2.45) is 0 Å². The van der Waals surface area contributed by atoms with E-state index >= 15 is 0 Å². The lowest BCUT2D eigenvalue weighted by molar-refractivity contribution is 0.161. The fourth-order valence-electron chi connectivity index (χ4n) is 3.48. The maximum Gasteiger partial charge on any atom is 0.325 e. The largest absolute Gasteiger partial charge is 0.497 e. The van der Waals surface area contributed by atoms with E-state index in [1.165, 1.54) is 0 Å². The Hall–Kier alpha value is -3.32. The summed E-state index contributed by atoms with van der Waals surface area (Å²) in [5.74, 6) is 0.747. The number of ether oxygens (including phenoxy) is 1. The van der Waals surface area contributed by atoms with Crippen LogP contribution in [0.4, 0.5) is 10.5 Å². The monoisotopic (exact) mass is 378 g/mol. The third kappa shape index (κ3) is 3.44. The summed E-state index contributed by atoms with van der Waals surface area (Å²) in [6.07, 6.45) is 3.58. The first-order chi connectivity index (χ1) is 13.7. The molecule has 1 aromatic heterocycles. The van der Waals surface area contributed by atoms with Gasteiger partial charge in [-0.3, -0.25) is 10.00 Å². The van der Waals surface area contributed by atoms with Crippen molar-refractivity contribution < 1.29 is 14.6 Å². The highest BCUT2D eigenvalue weighted by Gasteiger charge is 2.37. The highest BCUT2D eigenvalue weighted by atomic mass is 16.5. The summed E-state index contributed by atoms with van der Waals surface area (Å²) in [5.41, 5.74) is 3.79. The number of aromatic nitrogens is 2. The van der Waals surface area contributed by atoms with Crippen molar-refractivity contribution in [3.05, 3.63) is 66.5 Å². The number of aliphatic hydroxyl groups excluding tert-OH is 1. The number of aromatic amines is 1. The molecule has 144 valence electrons. The lowest BCUT2D eigenvalue weighted by atomic mass is 10.1. The number of amides is 2. The van der Waals surface area contributed by atoms with E-state index in [0.717, 1.165) is 28.1 Å². The van der Waals surface area contributed by atoms with Crippen LogP contribution in [-0.4, -0.2) is 52.5 Å². The van der Waals surface area contributed by atoms with Crippen LogP contribution in [0.1, 0.15) is 5.56 Å². The molecule has 0 radical (unpaired) electrons. The fraction of sp³-hybridized carbons (Fsp3) is 0.238. The van der Waals surface area contributed by atoms with Gasteiger partial charge in [-0.25, -0.2) is 4.79 Å². The minimum Gasteiger partial charge on any atom is -0.497 e. The number of nitrogens with one attached hydrogen (secondary N) is 1. The van der Waals surface area contributed by atoms with Gasteiger partial charge in [-0.1, -0.05) is 24.3 Å². The zero-order valence-corrected chi connectivity index (χ0v) is 15.6. The molecule has 1 aliphatic heterocycles.